The lowest BCUT2D eigenvalue weighted by Gasteiger charge is -2.39. The van der Waals surface area contributed by atoms with Gasteiger partial charge in [0.2, 0.25) is 0 Å². The first-order chi connectivity index (χ1) is 9.31. The van der Waals surface area contributed by atoms with Gasteiger partial charge in [-0.25, -0.2) is 0 Å². The van der Waals surface area contributed by atoms with Crippen LogP contribution in [0.3, 0.4) is 0 Å². The van der Waals surface area contributed by atoms with E-state index in [0.29, 0.717) is 10.8 Å². The van der Waals surface area contributed by atoms with Crippen LogP contribution in [0.4, 0.5) is 0 Å². The summed E-state index contributed by atoms with van der Waals surface area (Å²) >= 11 is 0. The third kappa shape index (κ3) is 3.20. The van der Waals surface area contributed by atoms with Crippen LogP contribution in [-0.4, -0.2) is 4.98 Å². The molecule has 1 heteroatoms. The number of rotatable bonds is 4. The zero-order chi connectivity index (χ0) is 14.8. The lowest BCUT2D eigenvalue weighted by Crippen LogP contribution is -2.29. The van der Waals surface area contributed by atoms with Crippen LogP contribution < -0.4 is 0 Å². The summed E-state index contributed by atoms with van der Waals surface area (Å²) in [4.78, 5) is 4.38. The van der Waals surface area contributed by atoms with Gasteiger partial charge in [0.1, 0.15) is 0 Å². The van der Waals surface area contributed by atoms with Crippen molar-refractivity contribution in [2.24, 2.45) is 10.8 Å². The van der Waals surface area contributed by atoms with Crippen molar-refractivity contribution in [2.75, 3.05) is 0 Å². The first-order valence-electron chi connectivity index (χ1n) is 7.63. The van der Waals surface area contributed by atoms with Crippen LogP contribution in [0.25, 0.3) is 10.8 Å². The average molecular weight is 269 g/mol. The highest BCUT2D eigenvalue weighted by Crippen LogP contribution is 2.41. The summed E-state index contributed by atoms with van der Waals surface area (Å²) in [6, 6.07) is 8.55. The smallest absolute Gasteiger partial charge is 0.0346 e. The standard InChI is InChI=1S/C19H27N/c1-18(2,3)19(4,5)12-8-10-16-14-20-13-15-9-6-7-11-17(15)16/h6-7,9,11,13-14H,8,10,12H2,1-5H3. The lowest BCUT2D eigenvalue weighted by molar-refractivity contribution is 0.117. The van der Waals surface area contributed by atoms with E-state index < -0.39 is 0 Å². The van der Waals surface area contributed by atoms with Crippen molar-refractivity contribution >= 4 is 10.8 Å². The fraction of sp³-hybridized carbons (Fsp3) is 0.526. The van der Waals surface area contributed by atoms with Gasteiger partial charge in [-0.3, -0.25) is 4.98 Å². The van der Waals surface area contributed by atoms with Gasteiger partial charge in [0.05, 0.1) is 0 Å². The van der Waals surface area contributed by atoms with Gasteiger partial charge in [-0.2, -0.15) is 0 Å². The second-order valence-corrected chi connectivity index (χ2v) is 7.51. The molecule has 0 amide bonds. The average Bonchev–Trinajstić information content (AvgIpc) is 2.37. The Bertz CT molecular complexity index is 570. The van der Waals surface area contributed by atoms with Gasteiger partial charge >= 0.3 is 0 Å². The molecule has 108 valence electrons. The van der Waals surface area contributed by atoms with Crippen molar-refractivity contribution in [3.63, 3.8) is 0 Å². The number of aryl methyl sites for hydroxylation is 1. The van der Waals surface area contributed by atoms with Crippen LogP contribution in [0.5, 0.6) is 0 Å². The minimum absolute atomic E-state index is 0.351. The molecular weight excluding hydrogens is 242 g/mol. The number of hydrogen-bond acceptors (Lipinski definition) is 1. The van der Waals surface area contributed by atoms with Gasteiger partial charge in [0.15, 0.2) is 0 Å². The largest absolute Gasteiger partial charge is 0.264 e. The molecule has 1 aromatic carbocycles. The maximum atomic E-state index is 4.38. The summed E-state index contributed by atoms with van der Waals surface area (Å²) in [5.74, 6) is 0. The molecule has 1 aromatic heterocycles. The van der Waals surface area contributed by atoms with E-state index >= 15 is 0 Å². The molecule has 2 rings (SSSR count). The quantitative estimate of drug-likeness (QED) is 0.701. The number of hydrogen-bond donors (Lipinski definition) is 0. The van der Waals surface area contributed by atoms with Crippen LogP contribution in [0, 0.1) is 10.8 Å². The molecule has 1 heterocycles. The Morgan fingerprint density at radius 1 is 0.950 bits per heavy atom. The molecule has 0 aliphatic carbocycles. The number of benzene rings is 1. The molecule has 0 spiro atoms. The molecule has 0 saturated heterocycles. The molecule has 0 bridgehead atoms. The third-order valence-electron chi connectivity index (χ3n) is 5.03. The minimum atomic E-state index is 0.351. The van der Waals surface area contributed by atoms with Crippen molar-refractivity contribution in [2.45, 2.75) is 53.9 Å². The minimum Gasteiger partial charge on any atom is -0.264 e. The van der Waals surface area contributed by atoms with E-state index in [-0.39, 0.29) is 0 Å². The fourth-order valence-corrected chi connectivity index (χ4v) is 2.47. The van der Waals surface area contributed by atoms with Crippen molar-refractivity contribution in [1.82, 2.24) is 4.98 Å². The molecule has 0 fully saturated rings. The Morgan fingerprint density at radius 2 is 1.65 bits per heavy atom. The van der Waals surface area contributed by atoms with E-state index in [4.69, 9.17) is 0 Å². The summed E-state index contributed by atoms with van der Waals surface area (Å²) in [5.41, 5.74) is 2.10. The highest BCUT2D eigenvalue weighted by atomic mass is 14.6. The normalized spacial score (nSPS) is 12.8. The number of pyridine rings is 1. The highest BCUT2D eigenvalue weighted by molar-refractivity contribution is 5.84. The SMILES string of the molecule is CC(C)(C)C(C)(C)CCCc1cncc2ccccc12. The molecule has 0 saturated carbocycles. The molecule has 0 unspecified atom stereocenters. The molecule has 20 heavy (non-hydrogen) atoms. The van der Waals surface area contributed by atoms with E-state index in [1.54, 1.807) is 0 Å². The summed E-state index contributed by atoms with van der Waals surface area (Å²) in [7, 11) is 0. The topological polar surface area (TPSA) is 12.9 Å². The number of nitrogens with zero attached hydrogens (tertiary/aromatic N) is 1. The van der Waals surface area contributed by atoms with Crippen molar-refractivity contribution in [3.05, 3.63) is 42.2 Å². The van der Waals surface area contributed by atoms with Crippen LogP contribution in [-0.2, 0) is 6.42 Å². The molecule has 0 N–H and O–H groups in total. The van der Waals surface area contributed by atoms with Crippen LogP contribution in [0.1, 0.15) is 53.0 Å². The van der Waals surface area contributed by atoms with Crippen molar-refractivity contribution in [3.8, 4) is 0 Å². The van der Waals surface area contributed by atoms with Crippen molar-refractivity contribution in [1.29, 1.82) is 0 Å². The molecular formula is C19H27N. The van der Waals surface area contributed by atoms with Gasteiger partial charge in [-0.1, -0.05) is 58.9 Å². The summed E-state index contributed by atoms with van der Waals surface area (Å²) in [5, 5.41) is 2.61. The maximum Gasteiger partial charge on any atom is 0.0346 e. The third-order valence-corrected chi connectivity index (χ3v) is 5.03. The zero-order valence-corrected chi connectivity index (χ0v) is 13.5. The van der Waals surface area contributed by atoms with Crippen LogP contribution in [0.15, 0.2) is 36.7 Å². The number of aromatic nitrogens is 1. The Morgan fingerprint density at radius 3 is 2.35 bits per heavy atom. The molecule has 0 aliphatic rings. The summed E-state index contributed by atoms with van der Waals surface area (Å²) in [6.45, 7) is 11.8. The van der Waals surface area contributed by atoms with Crippen LogP contribution in [0.2, 0.25) is 0 Å². The Balaban J connectivity index is 2.07. The molecule has 0 aliphatic heterocycles. The maximum absolute atomic E-state index is 4.38. The second kappa shape index (κ2) is 5.55. The fourth-order valence-electron chi connectivity index (χ4n) is 2.47. The van der Waals surface area contributed by atoms with Gasteiger partial charge in [0, 0.05) is 17.8 Å². The van der Waals surface area contributed by atoms with E-state index in [1.807, 2.05) is 12.4 Å². The first-order valence-corrected chi connectivity index (χ1v) is 7.63. The van der Waals surface area contributed by atoms with E-state index in [9.17, 15) is 0 Å². The van der Waals surface area contributed by atoms with Gasteiger partial charge in [-0.15, -0.1) is 0 Å². The monoisotopic (exact) mass is 269 g/mol. The Kier molecular flexibility index (Phi) is 4.17. The second-order valence-electron chi connectivity index (χ2n) is 7.51. The predicted octanol–water partition coefficient (Wildman–Crippen LogP) is 5.63. The lowest BCUT2D eigenvalue weighted by atomic mass is 9.66. The molecule has 2 aromatic rings. The first kappa shape index (κ1) is 15.0. The summed E-state index contributed by atoms with van der Waals surface area (Å²) < 4.78 is 0. The molecule has 0 atom stereocenters. The van der Waals surface area contributed by atoms with Gasteiger partial charge in [0.25, 0.3) is 0 Å². The van der Waals surface area contributed by atoms with Gasteiger partial charge in [-0.05, 0) is 41.0 Å². The Labute approximate surface area is 123 Å². The van der Waals surface area contributed by atoms with Gasteiger partial charge < -0.3 is 0 Å². The molecule has 0 radical (unpaired) electrons. The zero-order valence-electron chi connectivity index (χ0n) is 13.5. The highest BCUT2D eigenvalue weighted by Gasteiger charge is 2.31. The predicted molar refractivity (Wildman–Crippen MR) is 87.9 cm³/mol. The molecule has 1 nitrogen and oxygen atoms in total. The van der Waals surface area contributed by atoms with Crippen LogP contribution >= 0.6 is 0 Å². The number of fused-ring (bicyclic) bond motifs is 1. The van der Waals surface area contributed by atoms with Crippen molar-refractivity contribution < 1.29 is 0 Å². The summed E-state index contributed by atoms with van der Waals surface area (Å²) in [6.07, 6.45) is 7.58. The van der Waals surface area contributed by atoms with E-state index in [1.165, 1.54) is 29.2 Å². The van der Waals surface area contributed by atoms with E-state index in [2.05, 4.69) is 63.9 Å². The van der Waals surface area contributed by atoms with E-state index in [0.717, 1.165) is 6.42 Å². The Hall–Kier alpha value is -1.37.